The van der Waals surface area contributed by atoms with Crippen LogP contribution in [-0.4, -0.2) is 31.1 Å². The number of rotatable bonds is 3. The highest BCUT2D eigenvalue weighted by molar-refractivity contribution is 5.89. The third-order valence-corrected chi connectivity index (χ3v) is 5.33. The van der Waals surface area contributed by atoms with Crippen LogP contribution in [0.25, 0.3) is 0 Å². The van der Waals surface area contributed by atoms with E-state index < -0.39 is 5.92 Å². The summed E-state index contributed by atoms with van der Waals surface area (Å²) in [6.45, 7) is 1.59. The average molecular weight is 387 g/mol. The van der Waals surface area contributed by atoms with Crippen molar-refractivity contribution < 1.29 is 19.0 Å². The van der Waals surface area contributed by atoms with Crippen LogP contribution in [0.3, 0.4) is 0 Å². The molecular formula is C24H21NO4. The molecule has 5 rings (SSSR count). The van der Waals surface area contributed by atoms with Crippen LogP contribution in [0.2, 0.25) is 0 Å². The van der Waals surface area contributed by atoms with Crippen LogP contribution in [0.4, 0.5) is 0 Å². The van der Waals surface area contributed by atoms with Crippen LogP contribution in [-0.2, 0) is 11.3 Å². The zero-order valence-corrected chi connectivity index (χ0v) is 16.1. The van der Waals surface area contributed by atoms with Crippen molar-refractivity contribution in [1.82, 2.24) is 4.90 Å². The molecular weight excluding hydrogens is 366 g/mol. The Morgan fingerprint density at radius 3 is 2.17 bits per heavy atom. The van der Waals surface area contributed by atoms with Crippen LogP contribution in [0.15, 0.2) is 66.7 Å². The van der Waals surface area contributed by atoms with Crippen molar-refractivity contribution in [1.29, 1.82) is 0 Å². The van der Waals surface area contributed by atoms with E-state index in [0.29, 0.717) is 19.8 Å². The normalized spacial score (nSPS) is 14.4. The van der Waals surface area contributed by atoms with Gasteiger partial charge in [0.1, 0.15) is 24.7 Å². The summed E-state index contributed by atoms with van der Waals surface area (Å²) in [7, 11) is 1.83. The van der Waals surface area contributed by atoms with Crippen LogP contribution in [0.5, 0.6) is 23.0 Å². The lowest BCUT2D eigenvalue weighted by Gasteiger charge is -2.30. The zero-order chi connectivity index (χ0) is 19.8. The highest BCUT2D eigenvalue weighted by Gasteiger charge is 2.34. The van der Waals surface area contributed by atoms with Crippen molar-refractivity contribution in [3.8, 4) is 23.0 Å². The molecule has 0 unspecified atom stereocenters. The molecule has 2 aliphatic heterocycles. The number of para-hydroxylation sites is 2. The van der Waals surface area contributed by atoms with Gasteiger partial charge >= 0.3 is 0 Å². The average Bonchev–Trinajstić information content (AvgIpc) is 2.77. The Morgan fingerprint density at radius 2 is 1.48 bits per heavy atom. The lowest BCUT2D eigenvalue weighted by molar-refractivity contribution is -0.131. The number of ether oxygens (including phenoxy) is 3. The molecule has 0 saturated heterocycles. The molecule has 0 aromatic heterocycles. The Morgan fingerprint density at radius 1 is 0.862 bits per heavy atom. The smallest absolute Gasteiger partial charge is 0.234 e. The Labute approximate surface area is 169 Å². The van der Waals surface area contributed by atoms with Gasteiger partial charge in [-0.25, -0.2) is 0 Å². The highest BCUT2D eigenvalue weighted by atomic mass is 16.6. The largest absolute Gasteiger partial charge is 0.486 e. The molecule has 0 saturated carbocycles. The number of benzene rings is 3. The predicted molar refractivity (Wildman–Crippen MR) is 109 cm³/mol. The lowest BCUT2D eigenvalue weighted by Crippen LogP contribution is -2.33. The first-order chi connectivity index (χ1) is 14.2. The maximum absolute atomic E-state index is 13.5. The molecule has 0 N–H and O–H groups in total. The van der Waals surface area contributed by atoms with Crippen molar-refractivity contribution in [3.05, 3.63) is 83.4 Å². The van der Waals surface area contributed by atoms with Gasteiger partial charge in [-0.1, -0.05) is 42.5 Å². The minimum atomic E-state index is -0.390. The minimum Gasteiger partial charge on any atom is -0.486 e. The number of fused-ring (bicyclic) bond motifs is 3. The maximum atomic E-state index is 13.5. The second kappa shape index (κ2) is 7.17. The molecule has 0 fully saturated rings. The summed E-state index contributed by atoms with van der Waals surface area (Å²) in [6.07, 6.45) is 0. The molecule has 3 aromatic rings. The highest BCUT2D eigenvalue weighted by Crippen LogP contribution is 2.44. The van der Waals surface area contributed by atoms with Crippen molar-refractivity contribution in [2.24, 2.45) is 0 Å². The second-order valence-corrected chi connectivity index (χ2v) is 7.28. The van der Waals surface area contributed by atoms with Crippen molar-refractivity contribution in [2.75, 3.05) is 20.3 Å². The first-order valence-electron chi connectivity index (χ1n) is 9.70. The quantitative estimate of drug-likeness (QED) is 0.670. The third-order valence-electron chi connectivity index (χ3n) is 5.33. The summed E-state index contributed by atoms with van der Waals surface area (Å²) in [5.74, 6) is 2.59. The molecule has 0 aliphatic carbocycles. The SMILES string of the molecule is CN(Cc1ccc2c(c1)OCCO2)C(=O)C1c2ccccc2Oc2ccccc21. The fraction of sp³-hybridized carbons (Fsp3) is 0.208. The number of carbonyl (C=O) groups excluding carboxylic acids is 1. The molecule has 1 amide bonds. The number of nitrogens with zero attached hydrogens (tertiary/aromatic N) is 1. The predicted octanol–water partition coefficient (Wildman–Crippen LogP) is 4.35. The van der Waals surface area contributed by atoms with E-state index in [1.54, 1.807) is 4.90 Å². The number of amides is 1. The van der Waals surface area contributed by atoms with Gasteiger partial charge in [-0.3, -0.25) is 4.79 Å². The molecule has 5 nitrogen and oxygen atoms in total. The van der Waals surface area contributed by atoms with Crippen molar-refractivity contribution in [3.63, 3.8) is 0 Å². The molecule has 0 spiro atoms. The van der Waals surface area contributed by atoms with Crippen LogP contribution < -0.4 is 14.2 Å². The van der Waals surface area contributed by atoms with Crippen LogP contribution in [0.1, 0.15) is 22.6 Å². The van der Waals surface area contributed by atoms with Gasteiger partial charge in [0.25, 0.3) is 0 Å². The topological polar surface area (TPSA) is 48.0 Å². The summed E-state index contributed by atoms with van der Waals surface area (Å²) in [4.78, 5) is 15.3. The second-order valence-electron chi connectivity index (χ2n) is 7.28. The molecule has 0 bridgehead atoms. The summed E-state index contributed by atoms with van der Waals surface area (Å²) in [5.41, 5.74) is 2.79. The van der Waals surface area contributed by atoms with Crippen molar-refractivity contribution in [2.45, 2.75) is 12.5 Å². The van der Waals surface area contributed by atoms with E-state index in [1.165, 1.54) is 0 Å². The molecule has 2 heterocycles. The van der Waals surface area contributed by atoms with Gasteiger partial charge in [0, 0.05) is 24.7 Å². The molecule has 0 radical (unpaired) electrons. The standard InChI is InChI=1S/C24H21NO4/c1-25(15-16-10-11-21-22(14-16)28-13-12-27-21)24(26)23-17-6-2-4-8-19(17)29-20-9-5-3-7-18(20)23/h2-11,14,23H,12-13,15H2,1H3. The Kier molecular flexibility index (Phi) is 4.35. The summed E-state index contributed by atoms with van der Waals surface area (Å²) >= 11 is 0. The van der Waals surface area contributed by atoms with Gasteiger partial charge in [0.15, 0.2) is 11.5 Å². The van der Waals surface area contributed by atoms with Gasteiger partial charge in [-0.15, -0.1) is 0 Å². The van der Waals surface area contributed by atoms with Crippen LogP contribution in [0, 0.1) is 0 Å². The number of carbonyl (C=O) groups is 1. The minimum absolute atomic E-state index is 0.0306. The van der Waals surface area contributed by atoms with E-state index in [9.17, 15) is 4.79 Å². The monoisotopic (exact) mass is 387 g/mol. The molecule has 29 heavy (non-hydrogen) atoms. The Balaban J connectivity index is 1.44. The van der Waals surface area contributed by atoms with E-state index in [4.69, 9.17) is 14.2 Å². The Hall–Kier alpha value is -3.47. The summed E-state index contributed by atoms with van der Waals surface area (Å²) in [5, 5.41) is 0. The van der Waals surface area contributed by atoms with Gasteiger partial charge in [0.05, 0.1) is 5.92 Å². The number of likely N-dealkylation sites (N-methyl/N-ethyl adjacent to an activating group) is 1. The zero-order valence-electron chi connectivity index (χ0n) is 16.1. The van der Waals surface area contributed by atoms with Crippen molar-refractivity contribution >= 4 is 5.91 Å². The van der Waals surface area contributed by atoms with E-state index in [1.807, 2.05) is 73.8 Å². The fourth-order valence-electron chi connectivity index (χ4n) is 3.93. The van der Waals surface area contributed by atoms with Gasteiger partial charge in [0.2, 0.25) is 5.91 Å². The third kappa shape index (κ3) is 3.18. The molecule has 5 heteroatoms. The fourth-order valence-corrected chi connectivity index (χ4v) is 3.93. The first-order valence-corrected chi connectivity index (χ1v) is 9.70. The molecule has 146 valence electrons. The van der Waals surface area contributed by atoms with E-state index in [0.717, 1.165) is 39.7 Å². The van der Waals surface area contributed by atoms with Gasteiger partial charge < -0.3 is 19.1 Å². The molecule has 2 aliphatic rings. The van der Waals surface area contributed by atoms with E-state index in [-0.39, 0.29) is 5.91 Å². The number of hydrogen-bond donors (Lipinski definition) is 0. The van der Waals surface area contributed by atoms with Gasteiger partial charge in [-0.2, -0.15) is 0 Å². The van der Waals surface area contributed by atoms with E-state index >= 15 is 0 Å². The van der Waals surface area contributed by atoms with Crippen LogP contribution >= 0.6 is 0 Å². The maximum Gasteiger partial charge on any atom is 0.234 e. The summed E-state index contributed by atoms with van der Waals surface area (Å²) in [6, 6.07) is 21.3. The first kappa shape index (κ1) is 17.6. The Bertz CT molecular complexity index is 1030. The van der Waals surface area contributed by atoms with E-state index in [2.05, 4.69) is 0 Å². The number of hydrogen-bond acceptors (Lipinski definition) is 4. The molecule has 0 atom stereocenters. The molecule has 3 aromatic carbocycles. The van der Waals surface area contributed by atoms with Gasteiger partial charge in [-0.05, 0) is 29.8 Å². The lowest BCUT2D eigenvalue weighted by atomic mass is 9.87. The summed E-state index contributed by atoms with van der Waals surface area (Å²) < 4.78 is 17.3.